The molecule has 0 aromatic heterocycles. The summed E-state index contributed by atoms with van der Waals surface area (Å²) in [5.74, 6) is -2.75. The van der Waals surface area contributed by atoms with Crippen LogP contribution in [0.4, 0.5) is 0 Å². The van der Waals surface area contributed by atoms with Gasteiger partial charge in [0.1, 0.15) is 0 Å². The number of ketones is 1. The molecule has 0 bridgehead atoms. The molecule has 146 valence electrons. The molecule has 0 radical (unpaired) electrons. The molecule has 0 fully saturated rings. The summed E-state index contributed by atoms with van der Waals surface area (Å²) in [5, 5.41) is 13.5. The molecule has 26 heavy (non-hydrogen) atoms. The summed E-state index contributed by atoms with van der Waals surface area (Å²) < 4.78 is 14.6. The summed E-state index contributed by atoms with van der Waals surface area (Å²) in [6.45, 7) is 1.62. The van der Waals surface area contributed by atoms with Crippen molar-refractivity contribution in [3.05, 3.63) is 15.9 Å². The molecule has 0 rings (SSSR count). The van der Waals surface area contributed by atoms with Crippen LogP contribution < -0.4 is 5.53 Å². The fraction of sp³-hybridized carbons (Fsp3) is 0.714. The number of azide groups is 1. The Labute approximate surface area is 150 Å². The summed E-state index contributed by atoms with van der Waals surface area (Å²) >= 11 is 0. The number of nitrogens with zero attached hydrogens (tertiary/aromatic N) is 5. The van der Waals surface area contributed by atoms with Gasteiger partial charge in [0.25, 0.3) is 0 Å². The van der Waals surface area contributed by atoms with Crippen molar-refractivity contribution in [3.63, 3.8) is 0 Å². The Kier molecular flexibility index (Phi) is 14.1. The second kappa shape index (κ2) is 14.5. The van der Waals surface area contributed by atoms with Crippen molar-refractivity contribution in [1.29, 1.82) is 0 Å². The lowest BCUT2D eigenvalue weighted by Gasteiger charge is -2.37. The van der Waals surface area contributed by atoms with E-state index < -0.39 is 29.2 Å². The standard InChI is InChI=1S/C13H21N5O6.CH2N/c1-22-11(20)4-5-13(24-3,8-17-18-15)9(6-12(21)23-2)10(19)7-16-14;1-2/h9,14H,4-8H2,1-3H3;1H2/q;-1/p+1/t9-,13+;/m0./s1. The Morgan fingerprint density at radius 1 is 1.19 bits per heavy atom. The maximum atomic E-state index is 12.4. The average molecular weight is 372 g/mol. The molecular formula is C14H24N6O6. The van der Waals surface area contributed by atoms with Crippen LogP contribution in [0.25, 0.3) is 15.9 Å². The minimum atomic E-state index is -1.39. The molecule has 2 N–H and O–H groups in total. The summed E-state index contributed by atoms with van der Waals surface area (Å²) in [6.07, 6.45) is -0.440. The van der Waals surface area contributed by atoms with Gasteiger partial charge < -0.3 is 19.6 Å². The van der Waals surface area contributed by atoms with Crippen LogP contribution in [-0.4, -0.2) is 64.5 Å². The van der Waals surface area contributed by atoms with E-state index in [1.807, 2.05) is 0 Å². The predicted molar refractivity (Wildman–Crippen MR) is 89.8 cm³/mol. The van der Waals surface area contributed by atoms with E-state index in [0.29, 0.717) is 0 Å². The molecule has 0 saturated carbocycles. The van der Waals surface area contributed by atoms with Crippen LogP contribution in [-0.2, 0) is 28.6 Å². The van der Waals surface area contributed by atoms with Gasteiger partial charge in [-0.25, -0.2) is 6.72 Å². The van der Waals surface area contributed by atoms with E-state index >= 15 is 0 Å². The van der Waals surface area contributed by atoms with Crippen molar-refractivity contribution in [3.8, 4) is 0 Å². The molecule has 0 aliphatic carbocycles. The van der Waals surface area contributed by atoms with E-state index in [-0.39, 0.29) is 32.4 Å². The Balaban J connectivity index is 0. The van der Waals surface area contributed by atoms with E-state index in [1.165, 1.54) is 21.3 Å². The van der Waals surface area contributed by atoms with Gasteiger partial charge in [-0.05, 0) is 17.1 Å². The predicted octanol–water partition coefficient (Wildman–Crippen LogP) is -0.149. The Morgan fingerprint density at radius 3 is 2.19 bits per heavy atom. The summed E-state index contributed by atoms with van der Waals surface area (Å²) in [6, 6.07) is 0. The number of nitrogens with two attached hydrogens (primary N) is 1. The van der Waals surface area contributed by atoms with Crippen molar-refractivity contribution < 1.29 is 34.1 Å². The number of esters is 2. The van der Waals surface area contributed by atoms with Gasteiger partial charge in [-0.3, -0.25) is 14.4 Å². The minimum Gasteiger partial charge on any atom is -0.817 e. The molecule has 0 aromatic carbocycles. The number of carbonyl (C=O) groups excluding carboxylic acids is 3. The second-order valence-electron chi connectivity index (χ2n) is 4.87. The Morgan fingerprint density at radius 2 is 1.77 bits per heavy atom. The van der Waals surface area contributed by atoms with Crippen molar-refractivity contribution in [2.24, 2.45) is 16.1 Å². The zero-order valence-corrected chi connectivity index (χ0v) is 15.1. The summed E-state index contributed by atoms with van der Waals surface area (Å²) in [4.78, 5) is 38.1. The van der Waals surface area contributed by atoms with Gasteiger partial charge in [-0.2, -0.15) is 5.53 Å². The minimum absolute atomic E-state index is 0.00678. The van der Waals surface area contributed by atoms with E-state index in [4.69, 9.17) is 21.2 Å². The van der Waals surface area contributed by atoms with Crippen LogP contribution in [0.15, 0.2) is 10.2 Å². The fourth-order valence-electron chi connectivity index (χ4n) is 2.28. The van der Waals surface area contributed by atoms with Crippen LogP contribution in [0.3, 0.4) is 0 Å². The number of ether oxygens (including phenoxy) is 3. The molecule has 0 saturated heterocycles. The van der Waals surface area contributed by atoms with Crippen molar-refractivity contribution in [2.75, 3.05) is 34.4 Å². The van der Waals surface area contributed by atoms with Crippen LogP contribution in [0.1, 0.15) is 19.3 Å². The zero-order chi connectivity index (χ0) is 20.6. The van der Waals surface area contributed by atoms with E-state index in [1.54, 1.807) is 0 Å². The largest absolute Gasteiger partial charge is 0.817 e. The number of rotatable bonds is 12. The number of carbonyl (C=O) groups is 3. The van der Waals surface area contributed by atoms with E-state index in [0.717, 1.165) is 0 Å². The van der Waals surface area contributed by atoms with E-state index in [9.17, 15) is 14.4 Å². The average Bonchev–Trinajstić information content (AvgIpc) is 2.68. The van der Waals surface area contributed by atoms with Crippen molar-refractivity contribution in [2.45, 2.75) is 24.9 Å². The Hall–Kier alpha value is -2.85. The Bertz CT molecular complexity index is 536. The molecule has 0 spiro atoms. The molecule has 0 aliphatic rings. The van der Waals surface area contributed by atoms with Crippen LogP contribution in [0, 0.1) is 5.92 Å². The third-order valence-electron chi connectivity index (χ3n) is 3.66. The lowest BCUT2D eigenvalue weighted by atomic mass is 9.78. The maximum absolute atomic E-state index is 12.4. The first-order chi connectivity index (χ1) is 12.4. The highest BCUT2D eigenvalue weighted by atomic mass is 16.5. The highest BCUT2D eigenvalue weighted by molar-refractivity contribution is 5.88. The summed E-state index contributed by atoms with van der Waals surface area (Å²) in [7, 11) is 3.68. The molecule has 0 amide bonds. The topological polar surface area (TPSA) is 188 Å². The van der Waals surface area contributed by atoms with Crippen LogP contribution >= 0.6 is 0 Å². The van der Waals surface area contributed by atoms with Crippen LogP contribution in [0.2, 0.25) is 0 Å². The highest BCUT2D eigenvalue weighted by Crippen LogP contribution is 2.32. The van der Waals surface area contributed by atoms with Crippen molar-refractivity contribution >= 4 is 24.4 Å². The quantitative estimate of drug-likeness (QED) is 0.163. The molecule has 2 atom stereocenters. The smallest absolute Gasteiger partial charge is 0.306 e. The van der Waals surface area contributed by atoms with Gasteiger partial charge in [0.2, 0.25) is 0 Å². The molecule has 0 aromatic rings. The van der Waals surface area contributed by atoms with Gasteiger partial charge in [0.05, 0.1) is 38.7 Å². The van der Waals surface area contributed by atoms with E-state index in [2.05, 4.69) is 31.3 Å². The maximum Gasteiger partial charge on any atom is 0.306 e. The number of hydrogen-bond acceptors (Lipinski definition) is 8. The van der Waals surface area contributed by atoms with Gasteiger partial charge in [-0.15, -0.1) is 0 Å². The monoisotopic (exact) mass is 372 g/mol. The molecule has 0 aliphatic heterocycles. The first kappa shape index (κ1) is 25.4. The second-order valence-corrected chi connectivity index (χ2v) is 4.87. The summed E-state index contributed by atoms with van der Waals surface area (Å²) in [5.41, 5.74) is 12.3. The van der Waals surface area contributed by atoms with Gasteiger partial charge in [-0.1, -0.05) is 5.11 Å². The number of hydrogen-bond donors (Lipinski definition) is 1. The molecule has 0 unspecified atom stereocenters. The first-order valence-electron chi connectivity index (χ1n) is 7.31. The molecular weight excluding hydrogens is 348 g/mol. The SMILES string of the molecule is C=[N-].COC(=O)CC[C@](CN=[N+]=[N-])(OC)[C@@H](CC(=O)OC)C(=O)CN=[NH2+]. The fourth-order valence-corrected chi connectivity index (χ4v) is 2.28. The molecule has 12 nitrogen and oxygen atoms in total. The number of Topliss-reactive ketones (excluding diaryl/α,β-unsaturated/α-hetero) is 1. The molecule has 0 heterocycles. The van der Waals surface area contributed by atoms with Gasteiger partial charge >= 0.3 is 11.9 Å². The third-order valence-corrected chi connectivity index (χ3v) is 3.66. The normalized spacial score (nSPS) is 12.9. The van der Waals surface area contributed by atoms with Gasteiger partial charge in [0, 0.05) is 18.4 Å². The van der Waals surface area contributed by atoms with Crippen molar-refractivity contribution in [1.82, 2.24) is 0 Å². The lowest BCUT2D eigenvalue weighted by molar-refractivity contribution is -0.222. The molecule has 12 heteroatoms. The third kappa shape index (κ3) is 8.31. The zero-order valence-electron chi connectivity index (χ0n) is 15.1. The number of methoxy groups -OCH3 is 3. The van der Waals surface area contributed by atoms with Crippen LogP contribution in [0.5, 0.6) is 0 Å². The van der Waals surface area contributed by atoms with Gasteiger partial charge in [0.15, 0.2) is 12.3 Å². The highest BCUT2D eigenvalue weighted by Gasteiger charge is 2.44. The lowest BCUT2D eigenvalue weighted by Crippen LogP contribution is -2.49. The first-order valence-corrected chi connectivity index (χ1v) is 7.31.